The first-order valence-electron chi connectivity index (χ1n) is 11.8. The Morgan fingerprint density at radius 2 is 2.03 bits per heavy atom. The van der Waals surface area contributed by atoms with Crippen LogP contribution in [0, 0.1) is 5.92 Å². The van der Waals surface area contributed by atoms with Gasteiger partial charge in [-0.25, -0.2) is 4.98 Å². The summed E-state index contributed by atoms with van der Waals surface area (Å²) < 4.78 is 6.46. The zero-order chi connectivity index (χ0) is 21.8. The number of fused-ring (bicyclic) bond motifs is 1. The van der Waals surface area contributed by atoms with Crippen LogP contribution in [0.1, 0.15) is 52.4 Å². The third kappa shape index (κ3) is 5.32. The summed E-state index contributed by atoms with van der Waals surface area (Å²) in [6.07, 6.45) is 6.95. The van der Waals surface area contributed by atoms with Crippen molar-refractivity contribution in [3.8, 4) is 5.75 Å². The van der Waals surface area contributed by atoms with E-state index in [-0.39, 0.29) is 11.8 Å². The highest BCUT2D eigenvalue weighted by atomic mass is 32.1. The lowest BCUT2D eigenvalue weighted by Gasteiger charge is -2.39. The second-order valence-electron chi connectivity index (χ2n) is 9.13. The van der Waals surface area contributed by atoms with E-state index in [1.807, 2.05) is 18.2 Å². The summed E-state index contributed by atoms with van der Waals surface area (Å²) >= 11 is 1.68. The molecule has 7 heteroatoms. The van der Waals surface area contributed by atoms with E-state index in [1.54, 1.807) is 18.4 Å². The smallest absolute Gasteiger partial charge is 0.224 e. The molecule has 2 aromatic rings. The van der Waals surface area contributed by atoms with Gasteiger partial charge < -0.3 is 15.0 Å². The summed E-state index contributed by atoms with van der Waals surface area (Å²) in [6, 6.07) is 7.32. The van der Waals surface area contributed by atoms with Crippen molar-refractivity contribution in [2.45, 2.75) is 64.5 Å². The highest BCUT2D eigenvalue weighted by molar-refractivity contribution is 7.22. The van der Waals surface area contributed by atoms with E-state index < -0.39 is 0 Å². The maximum Gasteiger partial charge on any atom is 0.224 e. The fourth-order valence-corrected chi connectivity index (χ4v) is 6.08. The predicted molar refractivity (Wildman–Crippen MR) is 128 cm³/mol. The number of carbonyl (C=O) groups is 1. The van der Waals surface area contributed by atoms with E-state index in [0.29, 0.717) is 12.1 Å². The molecule has 4 rings (SSSR count). The van der Waals surface area contributed by atoms with Gasteiger partial charge >= 0.3 is 0 Å². The molecule has 2 aliphatic rings. The summed E-state index contributed by atoms with van der Waals surface area (Å²) in [5, 5.41) is 4.22. The van der Waals surface area contributed by atoms with Crippen LogP contribution in [-0.4, -0.2) is 61.2 Å². The lowest BCUT2D eigenvalue weighted by atomic mass is 9.97. The van der Waals surface area contributed by atoms with Crippen LogP contribution in [0.4, 0.5) is 5.13 Å². The first-order chi connectivity index (χ1) is 15.0. The Morgan fingerprint density at radius 1 is 1.23 bits per heavy atom. The van der Waals surface area contributed by atoms with Gasteiger partial charge in [-0.15, -0.1) is 0 Å². The van der Waals surface area contributed by atoms with Crippen LogP contribution in [0.5, 0.6) is 5.75 Å². The van der Waals surface area contributed by atoms with Crippen LogP contribution in [0.25, 0.3) is 10.2 Å². The van der Waals surface area contributed by atoms with Crippen LogP contribution < -0.4 is 15.0 Å². The molecule has 0 saturated carbocycles. The zero-order valence-corrected chi connectivity index (χ0v) is 19.9. The third-order valence-corrected chi connectivity index (χ3v) is 7.99. The summed E-state index contributed by atoms with van der Waals surface area (Å²) in [7, 11) is 1.69. The van der Waals surface area contributed by atoms with Gasteiger partial charge in [0.1, 0.15) is 5.75 Å². The number of amides is 1. The number of thiazole rings is 1. The molecule has 2 aliphatic heterocycles. The Bertz CT molecular complexity index is 876. The van der Waals surface area contributed by atoms with Crippen molar-refractivity contribution >= 4 is 32.6 Å². The van der Waals surface area contributed by atoms with Crippen molar-refractivity contribution in [1.29, 1.82) is 0 Å². The Hall–Kier alpha value is -1.86. The Kier molecular flexibility index (Phi) is 7.33. The largest absolute Gasteiger partial charge is 0.497 e. The van der Waals surface area contributed by atoms with Crippen LogP contribution in [-0.2, 0) is 4.79 Å². The van der Waals surface area contributed by atoms with Crippen LogP contribution in [0.2, 0.25) is 0 Å². The minimum Gasteiger partial charge on any atom is -0.497 e. The van der Waals surface area contributed by atoms with E-state index in [2.05, 4.69) is 29.0 Å². The van der Waals surface area contributed by atoms with Gasteiger partial charge in [0.15, 0.2) is 5.13 Å². The number of nitrogens with zero attached hydrogens (tertiary/aromatic N) is 3. The summed E-state index contributed by atoms with van der Waals surface area (Å²) in [5.74, 6) is 1.10. The molecule has 0 unspecified atom stereocenters. The molecule has 0 bridgehead atoms. The van der Waals surface area contributed by atoms with Crippen molar-refractivity contribution < 1.29 is 9.53 Å². The molecule has 3 heterocycles. The van der Waals surface area contributed by atoms with Crippen molar-refractivity contribution in [3.05, 3.63) is 18.2 Å². The Balaban J connectivity index is 1.27. The van der Waals surface area contributed by atoms with Gasteiger partial charge in [0.2, 0.25) is 5.91 Å². The summed E-state index contributed by atoms with van der Waals surface area (Å²) in [4.78, 5) is 22.5. The number of benzene rings is 1. The monoisotopic (exact) mass is 444 g/mol. The number of nitrogens with one attached hydrogen (secondary N) is 1. The number of anilines is 1. The van der Waals surface area contributed by atoms with Crippen molar-refractivity contribution in [3.63, 3.8) is 0 Å². The fraction of sp³-hybridized carbons (Fsp3) is 0.667. The van der Waals surface area contributed by atoms with Crippen LogP contribution in [0.3, 0.4) is 0 Å². The number of methoxy groups -OCH3 is 1. The van der Waals surface area contributed by atoms with Gasteiger partial charge in [0, 0.05) is 38.3 Å². The molecule has 1 aromatic heterocycles. The molecule has 31 heavy (non-hydrogen) atoms. The molecular formula is C24H36N4O2S. The average molecular weight is 445 g/mol. The maximum absolute atomic E-state index is 12.8. The first kappa shape index (κ1) is 22.3. The lowest BCUT2D eigenvalue weighted by molar-refractivity contribution is -0.125. The third-order valence-electron chi connectivity index (χ3n) is 6.92. The topological polar surface area (TPSA) is 57.7 Å². The average Bonchev–Trinajstić information content (AvgIpc) is 3.21. The van der Waals surface area contributed by atoms with Gasteiger partial charge in [0.05, 0.1) is 23.2 Å². The first-order valence-corrected chi connectivity index (χ1v) is 12.6. The van der Waals surface area contributed by atoms with Gasteiger partial charge in [-0.2, -0.15) is 0 Å². The highest BCUT2D eigenvalue weighted by Gasteiger charge is 2.28. The van der Waals surface area contributed by atoms with E-state index >= 15 is 0 Å². The van der Waals surface area contributed by atoms with E-state index in [0.717, 1.165) is 66.5 Å². The van der Waals surface area contributed by atoms with Crippen molar-refractivity contribution in [2.75, 3.05) is 38.2 Å². The van der Waals surface area contributed by atoms with Gasteiger partial charge in [0.25, 0.3) is 0 Å². The number of rotatable bonds is 7. The number of aromatic nitrogens is 1. The number of hydrogen-bond acceptors (Lipinski definition) is 6. The number of hydrogen-bond donors (Lipinski definition) is 1. The number of likely N-dealkylation sites (tertiary alicyclic amines) is 1. The second kappa shape index (κ2) is 10.2. The lowest BCUT2D eigenvalue weighted by Crippen LogP contribution is -2.46. The molecule has 3 atom stereocenters. The normalized spacial score (nSPS) is 25.0. The molecule has 1 aromatic carbocycles. The molecule has 1 amide bonds. The van der Waals surface area contributed by atoms with Gasteiger partial charge in [-0.05, 0) is 64.2 Å². The minimum atomic E-state index is 0.0446. The molecule has 2 saturated heterocycles. The van der Waals surface area contributed by atoms with Crippen LogP contribution in [0.15, 0.2) is 18.2 Å². The van der Waals surface area contributed by atoms with Crippen molar-refractivity contribution in [2.24, 2.45) is 5.92 Å². The number of ether oxygens (including phenoxy) is 1. The molecule has 0 aliphatic carbocycles. The quantitative estimate of drug-likeness (QED) is 0.646. The Morgan fingerprint density at radius 3 is 2.81 bits per heavy atom. The number of carbonyl (C=O) groups excluding carboxylic acids is 1. The molecule has 170 valence electrons. The van der Waals surface area contributed by atoms with E-state index in [4.69, 9.17) is 9.72 Å². The number of piperidine rings is 2. The van der Waals surface area contributed by atoms with Crippen LogP contribution >= 0.6 is 11.3 Å². The van der Waals surface area contributed by atoms with Gasteiger partial charge in [-0.1, -0.05) is 17.8 Å². The standard InChI is InChI=1S/C24H36N4O2S/c1-17-7-4-8-18(2)28(17)14-6-12-25-23(29)19-9-5-13-27(16-19)24-26-21-11-10-20(30-3)15-22(21)31-24/h10-11,15,17-19H,4-9,12-14,16H2,1-3H3,(H,25,29)/t17-,18-,19+/m0/s1. The minimum absolute atomic E-state index is 0.0446. The van der Waals surface area contributed by atoms with Gasteiger partial charge in [-0.3, -0.25) is 9.69 Å². The summed E-state index contributed by atoms with van der Waals surface area (Å²) in [5.41, 5.74) is 0.994. The molecule has 1 N–H and O–H groups in total. The SMILES string of the molecule is COc1ccc2nc(N3CCC[C@@H](C(=O)NCCCN4[C@@H](C)CCC[C@@H]4C)C3)sc2c1. The summed E-state index contributed by atoms with van der Waals surface area (Å²) in [6.45, 7) is 8.24. The maximum atomic E-state index is 12.8. The molecule has 0 radical (unpaired) electrons. The fourth-order valence-electron chi connectivity index (χ4n) is 5.05. The van der Waals surface area contributed by atoms with E-state index in [9.17, 15) is 4.79 Å². The predicted octanol–water partition coefficient (Wildman–Crippen LogP) is 4.29. The molecule has 2 fully saturated rings. The molecule has 6 nitrogen and oxygen atoms in total. The highest BCUT2D eigenvalue weighted by Crippen LogP contribution is 2.33. The zero-order valence-electron chi connectivity index (χ0n) is 19.1. The molecular weight excluding hydrogens is 408 g/mol. The second-order valence-corrected chi connectivity index (χ2v) is 10.1. The molecule has 0 spiro atoms. The van der Waals surface area contributed by atoms with E-state index in [1.165, 1.54) is 19.3 Å². The Labute approximate surface area is 190 Å². The van der Waals surface area contributed by atoms with Crippen molar-refractivity contribution in [1.82, 2.24) is 15.2 Å².